The summed E-state index contributed by atoms with van der Waals surface area (Å²) in [6.07, 6.45) is 0.203. The van der Waals surface area contributed by atoms with Crippen LogP contribution in [0.3, 0.4) is 0 Å². The molecule has 0 atom stereocenters. The summed E-state index contributed by atoms with van der Waals surface area (Å²) in [5, 5.41) is 0. The van der Waals surface area contributed by atoms with Crippen LogP contribution in [0, 0.1) is 6.92 Å². The Morgan fingerprint density at radius 2 is 1.70 bits per heavy atom. The molecule has 0 heterocycles. The number of hydrogen-bond donors (Lipinski definition) is 0. The van der Waals surface area contributed by atoms with Crippen molar-refractivity contribution in [3.63, 3.8) is 0 Å². The molecule has 0 fully saturated rings. The van der Waals surface area contributed by atoms with Crippen LogP contribution < -0.4 is 0 Å². The summed E-state index contributed by atoms with van der Waals surface area (Å²) in [6, 6.07) is 0. The minimum Gasteiger partial charge on any atom is -0.309 e. The summed E-state index contributed by atoms with van der Waals surface area (Å²) in [4.78, 5) is 0. The van der Waals surface area contributed by atoms with Crippen molar-refractivity contribution in [2.45, 2.75) is 13.8 Å². The molecular formula is C6H14O3P. The molecule has 0 aromatic carbocycles. The van der Waals surface area contributed by atoms with E-state index in [0.717, 1.165) is 0 Å². The van der Waals surface area contributed by atoms with E-state index in [-0.39, 0.29) is 6.16 Å². The molecule has 3 nitrogen and oxygen atoms in total. The highest BCUT2D eigenvalue weighted by molar-refractivity contribution is 7.53. The van der Waals surface area contributed by atoms with Gasteiger partial charge < -0.3 is 9.05 Å². The highest BCUT2D eigenvalue weighted by atomic mass is 31.2. The molecule has 0 aliphatic heterocycles. The van der Waals surface area contributed by atoms with Gasteiger partial charge in [0.05, 0.1) is 19.4 Å². The van der Waals surface area contributed by atoms with Gasteiger partial charge in [0.15, 0.2) is 0 Å². The molecule has 10 heavy (non-hydrogen) atoms. The van der Waals surface area contributed by atoms with Gasteiger partial charge in [-0.25, -0.2) is 0 Å². The third-order valence-corrected chi connectivity index (χ3v) is 2.78. The zero-order valence-electron chi connectivity index (χ0n) is 6.50. The van der Waals surface area contributed by atoms with E-state index in [2.05, 4.69) is 6.92 Å². The van der Waals surface area contributed by atoms with E-state index in [4.69, 9.17) is 9.05 Å². The van der Waals surface area contributed by atoms with Gasteiger partial charge >= 0.3 is 7.60 Å². The lowest BCUT2D eigenvalue weighted by Gasteiger charge is -2.13. The van der Waals surface area contributed by atoms with Crippen molar-refractivity contribution in [2.24, 2.45) is 0 Å². The van der Waals surface area contributed by atoms with Crippen LogP contribution in [0.1, 0.15) is 13.8 Å². The molecule has 0 aliphatic carbocycles. The van der Waals surface area contributed by atoms with Gasteiger partial charge in [0.25, 0.3) is 0 Å². The molecule has 0 spiro atoms. The van der Waals surface area contributed by atoms with Gasteiger partial charge in [0.2, 0.25) is 0 Å². The van der Waals surface area contributed by atoms with Crippen molar-refractivity contribution < 1.29 is 13.6 Å². The topological polar surface area (TPSA) is 35.5 Å². The van der Waals surface area contributed by atoms with Gasteiger partial charge in [-0.15, -0.1) is 0 Å². The third kappa shape index (κ3) is 3.35. The highest BCUT2D eigenvalue weighted by Crippen LogP contribution is 2.46. The van der Waals surface area contributed by atoms with Crippen LogP contribution in [-0.4, -0.2) is 19.4 Å². The van der Waals surface area contributed by atoms with Crippen molar-refractivity contribution >= 4 is 7.60 Å². The third-order valence-electron chi connectivity index (χ3n) is 0.925. The number of rotatable bonds is 5. The van der Waals surface area contributed by atoms with Crippen LogP contribution >= 0.6 is 7.60 Å². The highest BCUT2D eigenvalue weighted by Gasteiger charge is 2.19. The summed E-state index contributed by atoms with van der Waals surface area (Å²) >= 11 is 0. The fraction of sp³-hybridized carbons (Fsp3) is 0.833. The second-order valence-electron chi connectivity index (χ2n) is 1.67. The van der Waals surface area contributed by atoms with E-state index >= 15 is 0 Å². The molecular weight excluding hydrogens is 151 g/mol. The normalized spacial score (nSPS) is 11.9. The Balaban J connectivity index is 3.83. The molecule has 1 radical (unpaired) electrons. The predicted octanol–water partition coefficient (Wildman–Crippen LogP) is 2.09. The quantitative estimate of drug-likeness (QED) is 0.585. The van der Waals surface area contributed by atoms with Crippen molar-refractivity contribution in [3.05, 3.63) is 6.92 Å². The Morgan fingerprint density at radius 3 is 1.90 bits per heavy atom. The Morgan fingerprint density at radius 1 is 1.30 bits per heavy atom. The fourth-order valence-electron chi connectivity index (χ4n) is 0.560. The van der Waals surface area contributed by atoms with Crippen molar-refractivity contribution in [1.29, 1.82) is 0 Å². The maximum Gasteiger partial charge on any atom is 0.330 e. The monoisotopic (exact) mass is 165 g/mol. The standard InChI is InChI=1S/C6H14O3P/c1-4-8-10(7,6-3)9-5-2/h3-6H2,1-2H3. The molecule has 0 aliphatic rings. The predicted molar refractivity (Wildman–Crippen MR) is 41.1 cm³/mol. The van der Waals surface area contributed by atoms with E-state index in [1.165, 1.54) is 0 Å². The first-order valence-electron chi connectivity index (χ1n) is 3.36. The second-order valence-corrected chi connectivity index (χ2v) is 3.86. The lowest BCUT2D eigenvalue weighted by Crippen LogP contribution is -1.97. The lowest BCUT2D eigenvalue weighted by atomic mass is 10.9. The molecule has 0 N–H and O–H groups in total. The summed E-state index contributed by atoms with van der Waals surface area (Å²) in [5.74, 6) is 0. The van der Waals surface area contributed by atoms with Crippen LogP contribution in [0.2, 0.25) is 0 Å². The molecule has 0 saturated heterocycles. The van der Waals surface area contributed by atoms with E-state index in [1.807, 2.05) is 0 Å². The first-order chi connectivity index (χ1) is 4.68. The van der Waals surface area contributed by atoms with E-state index in [0.29, 0.717) is 13.2 Å². The fourth-order valence-corrected chi connectivity index (χ4v) is 1.68. The van der Waals surface area contributed by atoms with Crippen LogP contribution in [0.25, 0.3) is 0 Å². The Kier molecular flexibility index (Phi) is 4.96. The molecule has 0 aromatic heterocycles. The molecule has 0 rings (SSSR count). The molecule has 0 amide bonds. The van der Waals surface area contributed by atoms with E-state index in [1.54, 1.807) is 13.8 Å². The van der Waals surface area contributed by atoms with Crippen LogP contribution in [0.4, 0.5) is 0 Å². The maximum atomic E-state index is 11.3. The molecule has 61 valence electrons. The second kappa shape index (κ2) is 4.89. The van der Waals surface area contributed by atoms with E-state index < -0.39 is 7.60 Å². The van der Waals surface area contributed by atoms with Gasteiger partial charge in [-0.3, -0.25) is 4.57 Å². The zero-order valence-corrected chi connectivity index (χ0v) is 7.39. The number of hydrogen-bond acceptors (Lipinski definition) is 3. The van der Waals surface area contributed by atoms with Gasteiger partial charge in [0.1, 0.15) is 0 Å². The van der Waals surface area contributed by atoms with Crippen LogP contribution in [0.5, 0.6) is 0 Å². The minimum atomic E-state index is -2.81. The lowest BCUT2D eigenvalue weighted by molar-refractivity contribution is 0.222. The average molecular weight is 165 g/mol. The molecule has 0 saturated carbocycles. The minimum absolute atomic E-state index is 0.203. The van der Waals surface area contributed by atoms with Crippen molar-refractivity contribution in [2.75, 3.05) is 19.4 Å². The van der Waals surface area contributed by atoms with Gasteiger partial charge in [0, 0.05) is 0 Å². The summed E-state index contributed by atoms with van der Waals surface area (Å²) < 4.78 is 21.1. The van der Waals surface area contributed by atoms with Gasteiger partial charge in [-0.05, 0) is 20.8 Å². The Labute approximate surface area is 62.3 Å². The van der Waals surface area contributed by atoms with Gasteiger partial charge in [-0.2, -0.15) is 0 Å². The smallest absolute Gasteiger partial charge is 0.309 e. The molecule has 0 aromatic rings. The average Bonchev–Trinajstić information content (AvgIpc) is 1.89. The largest absolute Gasteiger partial charge is 0.330 e. The van der Waals surface area contributed by atoms with E-state index in [9.17, 15) is 4.57 Å². The summed E-state index contributed by atoms with van der Waals surface area (Å²) in [7, 11) is -2.81. The molecule has 0 unspecified atom stereocenters. The van der Waals surface area contributed by atoms with Crippen LogP contribution in [-0.2, 0) is 13.6 Å². The molecule has 0 bridgehead atoms. The SMILES string of the molecule is [CH2]CP(=O)(OCC)OCC. The summed E-state index contributed by atoms with van der Waals surface area (Å²) in [5.41, 5.74) is 0. The first kappa shape index (κ1) is 10.2. The van der Waals surface area contributed by atoms with Crippen molar-refractivity contribution in [1.82, 2.24) is 0 Å². The van der Waals surface area contributed by atoms with Crippen molar-refractivity contribution in [3.8, 4) is 0 Å². The maximum absolute atomic E-state index is 11.3. The zero-order chi connectivity index (χ0) is 8.04. The van der Waals surface area contributed by atoms with Gasteiger partial charge in [-0.1, -0.05) is 0 Å². The van der Waals surface area contributed by atoms with Crippen LogP contribution in [0.15, 0.2) is 0 Å². The molecule has 4 heteroatoms. The first-order valence-corrected chi connectivity index (χ1v) is 5.08. The Bertz CT molecular complexity index is 114. The Hall–Kier alpha value is 0.150. The summed E-state index contributed by atoms with van der Waals surface area (Å²) in [6.45, 7) is 7.86.